The van der Waals surface area contributed by atoms with E-state index in [0.717, 1.165) is 21.2 Å². The molecule has 0 radical (unpaired) electrons. The Morgan fingerprint density at radius 2 is 1.90 bits per heavy atom. The van der Waals surface area contributed by atoms with Crippen molar-refractivity contribution in [1.82, 2.24) is 0 Å². The fourth-order valence-corrected chi connectivity index (χ4v) is 3.43. The van der Waals surface area contributed by atoms with E-state index in [0.29, 0.717) is 22.0 Å². The second-order valence-electron chi connectivity index (χ2n) is 6.99. The van der Waals surface area contributed by atoms with Gasteiger partial charge in [-0.1, -0.05) is 51.8 Å². The summed E-state index contributed by atoms with van der Waals surface area (Å²) in [5.41, 5.74) is 4.24. The van der Waals surface area contributed by atoms with Crippen LogP contribution in [0.15, 0.2) is 70.7 Å². The molecule has 0 aliphatic heterocycles. The Labute approximate surface area is 195 Å². The molecule has 0 aromatic heterocycles. The third-order valence-corrected chi connectivity index (χ3v) is 5.60. The summed E-state index contributed by atoms with van der Waals surface area (Å²) in [5, 5.41) is 13.0. The number of carbonyl (C=O) groups is 1. The number of nitriles is 1. The van der Waals surface area contributed by atoms with E-state index in [1.807, 2.05) is 62.4 Å². The molecule has 1 amide bonds. The van der Waals surface area contributed by atoms with Crippen molar-refractivity contribution in [1.29, 1.82) is 5.26 Å². The van der Waals surface area contributed by atoms with Crippen LogP contribution in [-0.2, 0) is 11.4 Å². The molecule has 0 saturated carbocycles. The molecule has 0 bridgehead atoms. The molecule has 4 nitrogen and oxygen atoms in total. The van der Waals surface area contributed by atoms with Crippen molar-refractivity contribution in [3.63, 3.8) is 0 Å². The lowest BCUT2D eigenvalue weighted by molar-refractivity contribution is -0.112. The van der Waals surface area contributed by atoms with Gasteiger partial charge in [0.15, 0.2) is 0 Å². The van der Waals surface area contributed by atoms with Crippen molar-refractivity contribution >= 4 is 45.2 Å². The molecule has 0 aliphatic rings. The molecule has 0 spiro atoms. The first kappa shape index (κ1) is 22.6. The third kappa shape index (κ3) is 5.97. The highest BCUT2D eigenvalue weighted by Crippen LogP contribution is 2.28. The van der Waals surface area contributed by atoms with Crippen molar-refractivity contribution in [2.24, 2.45) is 0 Å². The average molecular weight is 496 g/mol. The lowest BCUT2D eigenvalue weighted by Crippen LogP contribution is -2.13. The first-order valence-corrected chi connectivity index (χ1v) is 10.7. The number of amides is 1. The number of halogens is 2. The highest BCUT2D eigenvalue weighted by atomic mass is 79.9. The van der Waals surface area contributed by atoms with Crippen LogP contribution in [0.5, 0.6) is 5.75 Å². The second-order valence-corrected chi connectivity index (χ2v) is 8.31. The summed E-state index contributed by atoms with van der Waals surface area (Å²) in [6.07, 6.45) is 1.52. The smallest absolute Gasteiger partial charge is 0.266 e. The zero-order valence-electron chi connectivity index (χ0n) is 17.1. The van der Waals surface area contributed by atoms with Crippen molar-refractivity contribution in [3.8, 4) is 11.8 Å². The fraction of sp³-hybridized carbons (Fsp3) is 0.120. The summed E-state index contributed by atoms with van der Waals surface area (Å²) in [7, 11) is 0. The van der Waals surface area contributed by atoms with Gasteiger partial charge in [0.1, 0.15) is 24.0 Å². The number of rotatable bonds is 6. The third-order valence-electron chi connectivity index (χ3n) is 4.74. The molecule has 1 N–H and O–H groups in total. The molecule has 0 saturated heterocycles. The maximum absolute atomic E-state index is 12.7. The van der Waals surface area contributed by atoms with Gasteiger partial charge in [0.2, 0.25) is 0 Å². The quantitative estimate of drug-likeness (QED) is 0.301. The first-order chi connectivity index (χ1) is 14.9. The minimum Gasteiger partial charge on any atom is -0.488 e. The summed E-state index contributed by atoms with van der Waals surface area (Å²) in [4.78, 5) is 12.7. The van der Waals surface area contributed by atoms with Crippen LogP contribution in [0.3, 0.4) is 0 Å². The molecular formula is C25H20BrClN2O2. The highest BCUT2D eigenvalue weighted by molar-refractivity contribution is 9.10. The van der Waals surface area contributed by atoms with Gasteiger partial charge in [-0.25, -0.2) is 0 Å². The van der Waals surface area contributed by atoms with Crippen LogP contribution in [0.4, 0.5) is 5.69 Å². The molecule has 3 aromatic carbocycles. The van der Waals surface area contributed by atoms with Gasteiger partial charge in [0.05, 0.1) is 0 Å². The van der Waals surface area contributed by atoms with Gasteiger partial charge in [-0.3, -0.25) is 4.79 Å². The van der Waals surface area contributed by atoms with Crippen LogP contribution in [0.2, 0.25) is 5.02 Å². The molecule has 0 unspecified atom stereocenters. The van der Waals surface area contributed by atoms with E-state index in [2.05, 4.69) is 21.2 Å². The maximum atomic E-state index is 12.7. The Bertz CT molecular complexity index is 1200. The van der Waals surface area contributed by atoms with Gasteiger partial charge in [-0.15, -0.1) is 0 Å². The Kier molecular flexibility index (Phi) is 7.51. The lowest BCUT2D eigenvalue weighted by Gasteiger charge is -2.12. The number of aryl methyl sites for hydroxylation is 2. The average Bonchev–Trinajstić information content (AvgIpc) is 2.75. The van der Waals surface area contributed by atoms with Gasteiger partial charge >= 0.3 is 0 Å². The van der Waals surface area contributed by atoms with Crippen LogP contribution < -0.4 is 10.1 Å². The number of ether oxygens (including phenoxy) is 1. The van der Waals surface area contributed by atoms with Crippen LogP contribution in [0, 0.1) is 25.2 Å². The topological polar surface area (TPSA) is 62.1 Å². The minimum absolute atomic E-state index is 0.0288. The molecule has 0 heterocycles. The van der Waals surface area contributed by atoms with E-state index in [4.69, 9.17) is 16.3 Å². The Morgan fingerprint density at radius 3 is 2.61 bits per heavy atom. The number of anilines is 1. The van der Waals surface area contributed by atoms with Crippen molar-refractivity contribution in [2.45, 2.75) is 20.5 Å². The maximum Gasteiger partial charge on any atom is 0.266 e. The van der Waals surface area contributed by atoms with E-state index < -0.39 is 5.91 Å². The first-order valence-electron chi connectivity index (χ1n) is 9.53. The van der Waals surface area contributed by atoms with Crippen LogP contribution in [-0.4, -0.2) is 5.91 Å². The summed E-state index contributed by atoms with van der Waals surface area (Å²) in [6, 6.07) is 20.4. The predicted molar refractivity (Wildman–Crippen MR) is 128 cm³/mol. The van der Waals surface area contributed by atoms with Gasteiger partial charge in [-0.2, -0.15) is 5.26 Å². The molecule has 6 heteroatoms. The molecule has 3 aromatic rings. The molecule has 31 heavy (non-hydrogen) atoms. The molecule has 3 rings (SSSR count). The van der Waals surface area contributed by atoms with Crippen LogP contribution in [0.1, 0.15) is 22.3 Å². The molecular weight excluding hydrogens is 476 g/mol. The number of hydrogen-bond donors (Lipinski definition) is 1. The van der Waals surface area contributed by atoms with Crippen molar-refractivity contribution in [3.05, 3.63) is 98.0 Å². The second kappa shape index (κ2) is 10.3. The monoisotopic (exact) mass is 494 g/mol. The highest BCUT2D eigenvalue weighted by Gasteiger charge is 2.13. The SMILES string of the molecule is Cc1ccc(NC(=O)/C(C#N)=C/c2cc(Br)ccc2OCc2ccccc2Cl)cc1C. The summed E-state index contributed by atoms with van der Waals surface area (Å²) in [6.45, 7) is 4.23. The number of benzene rings is 3. The standard InChI is InChI=1S/C25H20BrClN2O2/c1-16-7-9-22(11-17(16)2)29-25(30)20(14-28)12-19-13-21(26)8-10-24(19)31-15-18-5-3-4-6-23(18)27/h3-13H,15H2,1-2H3,(H,29,30)/b20-12+. The molecule has 0 atom stereocenters. The number of carbonyl (C=O) groups excluding carboxylic acids is 1. The number of nitrogens with zero attached hydrogens (tertiary/aromatic N) is 1. The Morgan fingerprint density at radius 1 is 1.13 bits per heavy atom. The Hall–Kier alpha value is -3.07. The van der Waals surface area contributed by atoms with E-state index in [-0.39, 0.29) is 12.2 Å². The van der Waals surface area contributed by atoms with Crippen LogP contribution in [0.25, 0.3) is 6.08 Å². The predicted octanol–water partition coefficient (Wildman–Crippen LogP) is 6.84. The van der Waals surface area contributed by atoms with Gasteiger partial charge in [0.25, 0.3) is 5.91 Å². The summed E-state index contributed by atoms with van der Waals surface area (Å²) >= 11 is 9.64. The largest absolute Gasteiger partial charge is 0.488 e. The van der Waals surface area contributed by atoms with E-state index in [1.54, 1.807) is 18.2 Å². The summed E-state index contributed by atoms with van der Waals surface area (Å²) in [5.74, 6) is 0.0534. The van der Waals surface area contributed by atoms with Crippen LogP contribution >= 0.6 is 27.5 Å². The summed E-state index contributed by atoms with van der Waals surface area (Å²) < 4.78 is 6.74. The van der Waals surface area contributed by atoms with E-state index in [1.165, 1.54) is 6.08 Å². The molecule has 0 fully saturated rings. The Balaban J connectivity index is 1.84. The fourth-order valence-electron chi connectivity index (χ4n) is 2.86. The van der Waals surface area contributed by atoms with E-state index in [9.17, 15) is 10.1 Å². The number of hydrogen-bond acceptors (Lipinski definition) is 3. The molecule has 0 aliphatic carbocycles. The molecule has 156 valence electrons. The minimum atomic E-state index is -0.484. The van der Waals surface area contributed by atoms with Crippen molar-refractivity contribution < 1.29 is 9.53 Å². The van der Waals surface area contributed by atoms with E-state index >= 15 is 0 Å². The lowest BCUT2D eigenvalue weighted by atomic mass is 10.1. The van der Waals surface area contributed by atoms with Gasteiger partial charge in [-0.05, 0) is 67.4 Å². The zero-order chi connectivity index (χ0) is 22.4. The van der Waals surface area contributed by atoms with Gasteiger partial charge in [0, 0.05) is 26.3 Å². The van der Waals surface area contributed by atoms with Gasteiger partial charge < -0.3 is 10.1 Å². The zero-order valence-corrected chi connectivity index (χ0v) is 19.4. The number of nitrogens with one attached hydrogen (secondary N) is 1. The normalized spacial score (nSPS) is 11.0. The van der Waals surface area contributed by atoms with Crippen molar-refractivity contribution in [2.75, 3.05) is 5.32 Å².